The lowest BCUT2D eigenvalue weighted by Gasteiger charge is -2.28. The summed E-state index contributed by atoms with van der Waals surface area (Å²) in [5.74, 6) is 0.984. The van der Waals surface area contributed by atoms with Crippen LogP contribution in [0.25, 0.3) is 11.4 Å². The van der Waals surface area contributed by atoms with Crippen LogP contribution in [0.1, 0.15) is 31.0 Å². The van der Waals surface area contributed by atoms with E-state index in [0.29, 0.717) is 17.4 Å². The van der Waals surface area contributed by atoms with Gasteiger partial charge in [-0.15, -0.1) is 0 Å². The number of rotatable bonds is 4. The molecule has 2 aromatic heterocycles. The van der Waals surface area contributed by atoms with Crippen molar-refractivity contribution < 1.29 is 5.21 Å². The van der Waals surface area contributed by atoms with Gasteiger partial charge in [-0.05, 0) is 44.2 Å². The van der Waals surface area contributed by atoms with Gasteiger partial charge in [-0.1, -0.05) is 11.2 Å². The highest BCUT2D eigenvalue weighted by Gasteiger charge is 2.46. The van der Waals surface area contributed by atoms with E-state index in [1.807, 2.05) is 26.0 Å². The highest BCUT2D eigenvalue weighted by atomic mass is 16.4. The minimum atomic E-state index is -0.498. The summed E-state index contributed by atoms with van der Waals surface area (Å²) in [5, 5.41) is 12.3. The molecule has 7 nitrogen and oxygen atoms in total. The molecule has 0 amide bonds. The maximum atomic E-state index is 9.12. The number of pyridine rings is 1. The van der Waals surface area contributed by atoms with Crippen LogP contribution in [0, 0.1) is 12.8 Å². The number of anilines is 1. The maximum absolute atomic E-state index is 9.12. The van der Waals surface area contributed by atoms with Crippen LogP contribution in [0.5, 0.6) is 0 Å². The first-order chi connectivity index (χ1) is 11.0. The lowest BCUT2D eigenvalue weighted by atomic mass is 9.77. The van der Waals surface area contributed by atoms with Crippen molar-refractivity contribution in [1.29, 1.82) is 0 Å². The largest absolute Gasteiger partial charge is 0.409 e. The number of hydrogen-bond acceptors (Lipinski definition) is 6. The predicted molar refractivity (Wildman–Crippen MR) is 87.9 cm³/mol. The Kier molecular flexibility index (Phi) is 3.63. The Morgan fingerprint density at radius 3 is 2.57 bits per heavy atom. The van der Waals surface area contributed by atoms with Crippen molar-refractivity contribution >= 4 is 11.7 Å². The quantitative estimate of drug-likeness (QED) is 0.342. The number of oxime groups is 1. The summed E-state index contributed by atoms with van der Waals surface area (Å²) >= 11 is 0. The molecule has 0 unspecified atom stereocenters. The second-order valence-corrected chi connectivity index (χ2v) is 6.12. The van der Waals surface area contributed by atoms with E-state index in [2.05, 4.69) is 20.1 Å². The highest BCUT2D eigenvalue weighted by Crippen LogP contribution is 2.47. The van der Waals surface area contributed by atoms with Crippen molar-refractivity contribution in [2.24, 2.45) is 16.8 Å². The molecule has 2 heterocycles. The van der Waals surface area contributed by atoms with Gasteiger partial charge in [-0.2, -0.15) is 0 Å². The number of hydrogen-bond donors (Lipinski definition) is 3. The van der Waals surface area contributed by atoms with E-state index < -0.39 is 5.41 Å². The van der Waals surface area contributed by atoms with E-state index in [4.69, 9.17) is 16.7 Å². The number of nitrogens with zero attached hydrogens (tertiary/aromatic N) is 4. The molecule has 7 heteroatoms. The first kappa shape index (κ1) is 15.2. The minimum Gasteiger partial charge on any atom is -0.409 e. The zero-order valence-corrected chi connectivity index (χ0v) is 13.2. The van der Waals surface area contributed by atoms with E-state index in [-0.39, 0.29) is 5.84 Å². The first-order valence-corrected chi connectivity index (χ1v) is 7.50. The molecule has 0 radical (unpaired) electrons. The summed E-state index contributed by atoms with van der Waals surface area (Å²) in [5.41, 5.74) is 14.2. The number of aromatic nitrogens is 3. The van der Waals surface area contributed by atoms with Gasteiger partial charge in [0.05, 0.1) is 23.0 Å². The minimum absolute atomic E-state index is 0.220. The smallest absolute Gasteiger partial charge is 0.149 e. The third kappa shape index (κ3) is 2.58. The molecule has 0 aliphatic heterocycles. The summed E-state index contributed by atoms with van der Waals surface area (Å²) in [7, 11) is 0. The third-order valence-electron chi connectivity index (χ3n) is 4.60. The molecular formula is C16H20N6O. The van der Waals surface area contributed by atoms with Crippen LogP contribution in [0.15, 0.2) is 29.7 Å². The van der Waals surface area contributed by atoms with Crippen LogP contribution in [-0.4, -0.2) is 26.0 Å². The molecule has 23 heavy (non-hydrogen) atoms. The van der Waals surface area contributed by atoms with Crippen molar-refractivity contribution in [2.45, 2.75) is 32.1 Å². The number of nitrogens with two attached hydrogens (primary N) is 2. The van der Waals surface area contributed by atoms with Crippen molar-refractivity contribution in [3.63, 3.8) is 0 Å². The maximum Gasteiger partial charge on any atom is 0.149 e. The van der Waals surface area contributed by atoms with Crippen molar-refractivity contribution in [3.05, 3.63) is 35.8 Å². The van der Waals surface area contributed by atoms with Gasteiger partial charge >= 0.3 is 0 Å². The molecule has 2 aromatic rings. The average molecular weight is 312 g/mol. The average Bonchev–Trinajstić information content (AvgIpc) is 3.39. The molecule has 0 spiro atoms. The Balaban J connectivity index is 1.98. The molecular weight excluding hydrogens is 292 g/mol. The van der Waals surface area contributed by atoms with Gasteiger partial charge in [0.25, 0.3) is 0 Å². The number of amidine groups is 1. The zero-order chi connectivity index (χ0) is 16.6. The second-order valence-electron chi connectivity index (χ2n) is 6.12. The molecule has 1 fully saturated rings. The highest BCUT2D eigenvalue weighted by molar-refractivity contribution is 5.91. The second kappa shape index (κ2) is 5.49. The van der Waals surface area contributed by atoms with Gasteiger partial charge in [0, 0.05) is 6.20 Å². The molecule has 0 aromatic carbocycles. The Labute approximate surface area is 134 Å². The van der Waals surface area contributed by atoms with Gasteiger partial charge < -0.3 is 16.7 Å². The predicted octanol–water partition coefficient (Wildman–Crippen LogP) is 1.84. The molecule has 3 rings (SSSR count). The van der Waals surface area contributed by atoms with Crippen molar-refractivity contribution in [2.75, 3.05) is 5.73 Å². The van der Waals surface area contributed by atoms with E-state index >= 15 is 0 Å². The number of aryl methyl sites for hydroxylation is 1. The first-order valence-electron chi connectivity index (χ1n) is 7.50. The molecule has 1 saturated carbocycles. The standard InChI is InChI=1S/C16H20N6O/c1-9-14(20-8-13(17)21-9)12-6-5-11(7-19-12)16(2,10-3-4-10)15(18)22-23/h5-8,10,23H,3-4H2,1-2H3,(H2,17,21)(H2,18,22)/t16-/m1/s1. The molecule has 1 atom stereocenters. The van der Waals surface area contributed by atoms with Crippen LogP contribution < -0.4 is 11.5 Å². The van der Waals surface area contributed by atoms with Crippen LogP contribution in [0.3, 0.4) is 0 Å². The van der Waals surface area contributed by atoms with E-state index in [1.54, 1.807) is 6.20 Å². The molecule has 0 bridgehead atoms. The Bertz CT molecular complexity index is 754. The lowest BCUT2D eigenvalue weighted by molar-refractivity contribution is 0.310. The van der Waals surface area contributed by atoms with Crippen LogP contribution in [-0.2, 0) is 5.41 Å². The normalized spacial score (nSPS) is 17.7. The topological polar surface area (TPSA) is 123 Å². The fraction of sp³-hybridized carbons (Fsp3) is 0.375. The molecule has 120 valence electrons. The lowest BCUT2D eigenvalue weighted by Crippen LogP contribution is -2.40. The summed E-state index contributed by atoms with van der Waals surface area (Å²) in [6.45, 7) is 3.84. The fourth-order valence-electron chi connectivity index (χ4n) is 2.95. The molecule has 5 N–H and O–H groups in total. The third-order valence-corrected chi connectivity index (χ3v) is 4.60. The Hall–Kier alpha value is -2.70. The van der Waals surface area contributed by atoms with Gasteiger partial charge in [-0.25, -0.2) is 9.97 Å². The summed E-state index contributed by atoms with van der Waals surface area (Å²) in [6.07, 6.45) is 5.42. The number of nitrogen functional groups attached to an aromatic ring is 1. The van der Waals surface area contributed by atoms with Gasteiger partial charge in [0.1, 0.15) is 17.3 Å². The molecule has 0 saturated heterocycles. The van der Waals surface area contributed by atoms with Crippen molar-refractivity contribution in [1.82, 2.24) is 15.0 Å². The monoisotopic (exact) mass is 312 g/mol. The summed E-state index contributed by atoms with van der Waals surface area (Å²) < 4.78 is 0. The van der Waals surface area contributed by atoms with Crippen LogP contribution >= 0.6 is 0 Å². The Morgan fingerprint density at radius 2 is 2.04 bits per heavy atom. The molecule has 1 aliphatic carbocycles. The molecule has 1 aliphatic rings. The Morgan fingerprint density at radius 1 is 1.30 bits per heavy atom. The summed E-state index contributed by atoms with van der Waals surface area (Å²) in [6, 6.07) is 3.84. The van der Waals surface area contributed by atoms with Gasteiger partial charge in [0.15, 0.2) is 0 Å². The summed E-state index contributed by atoms with van der Waals surface area (Å²) in [4.78, 5) is 13.0. The SMILES string of the molecule is Cc1nc(N)cnc1-c1ccc([C@](C)(/C(N)=N/O)C2CC2)cn1. The van der Waals surface area contributed by atoms with Crippen LogP contribution in [0.2, 0.25) is 0 Å². The zero-order valence-electron chi connectivity index (χ0n) is 13.2. The van der Waals surface area contributed by atoms with E-state index in [1.165, 1.54) is 6.20 Å². The van der Waals surface area contributed by atoms with Crippen LogP contribution in [0.4, 0.5) is 5.82 Å². The van der Waals surface area contributed by atoms with E-state index in [9.17, 15) is 0 Å². The van der Waals surface area contributed by atoms with E-state index in [0.717, 1.165) is 29.8 Å². The van der Waals surface area contributed by atoms with Crippen molar-refractivity contribution in [3.8, 4) is 11.4 Å². The fourth-order valence-corrected chi connectivity index (χ4v) is 2.95. The van der Waals surface area contributed by atoms with Gasteiger partial charge in [-0.3, -0.25) is 4.98 Å². The van der Waals surface area contributed by atoms with Gasteiger partial charge in [0.2, 0.25) is 0 Å².